The van der Waals surface area contributed by atoms with Gasteiger partial charge in [-0.1, -0.05) is 0 Å². The van der Waals surface area contributed by atoms with E-state index >= 15 is 0 Å². The topological polar surface area (TPSA) is 70.1 Å². The molecule has 1 aliphatic rings. The second-order valence-corrected chi connectivity index (χ2v) is 4.26. The fourth-order valence-electron chi connectivity index (χ4n) is 1.83. The van der Waals surface area contributed by atoms with E-state index in [4.69, 9.17) is 5.73 Å². The van der Waals surface area contributed by atoms with Gasteiger partial charge in [0.2, 0.25) is 0 Å². The first kappa shape index (κ1) is 11.1. The third-order valence-electron chi connectivity index (χ3n) is 3.07. The second-order valence-electron chi connectivity index (χ2n) is 4.26. The van der Waals surface area contributed by atoms with Crippen LogP contribution in [0.1, 0.15) is 37.5 Å². The van der Waals surface area contributed by atoms with Gasteiger partial charge in [0.05, 0.1) is 13.2 Å². The van der Waals surface area contributed by atoms with E-state index in [0.29, 0.717) is 5.92 Å². The Labute approximate surface area is 94.6 Å². The number of hydrogen-bond acceptors (Lipinski definition) is 4. The molecule has 16 heavy (non-hydrogen) atoms. The van der Waals surface area contributed by atoms with Crippen molar-refractivity contribution in [2.24, 2.45) is 5.73 Å². The lowest BCUT2D eigenvalue weighted by molar-refractivity contribution is -0.143. The summed E-state index contributed by atoms with van der Waals surface area (Å²) >= 11 is 0. The first-order valence-corrected chi connectivity index (χ1v) is 5.51. The highest BCUT2D eigenvalue weighted by atomic mass is 16.5. The van der Waals surface area contributed by atoms with Gasteiger partial charge in [0.15, 0.2) is 0 Å². The first-order valence-electron chi connectivity index (χ1n) is 5.51. The Morgan fingerprint density at radius 1 is 1.69 bits per heavy atom. The fraction of sp³-hybridized carbons (Fsp3) is 0.636. The van der Waals surface area contributed by atoms with Gasteiger partial charge in [-0.05, 0) is 19.8 Å². The summed E-state index contributed by atoms with van der Waals surface area (Å²) in [5.41, 5.74) is 5.83. The molecule has 2 unspecified atom stereocenters. The zero-order chi connectivity index (χ0) is 11.7. The molecule has 0 amide bonds. The van der Waals surface area contributed by atoms with Crippen molar-refractivity contribution in [1.29, 1.82) is 0 Å². The highest BCUT2D eigenvalue weighted by molar-refractivity contribution is 5.75. The molecule has 5 nitrogen and oxygen atoms in total. The van der Waals surface area contributed by atoms with E-state index in [-0.39, 0.29) is 12.0 Å². The number of nitrogens with zero attached hydrogens (tertiary/aromatic N) is 2. The third kappa shape index (κ3) is 1.95. The molecule has 0 aromatic carbocycles. The molecule has 0 aliphatic heterocycles. The van der Waals surface area contributed by atoms with Crippen LogP contribution in [0.4, 0.5) is 0 Å². The maximum Gasteiger partial charge on any atom is 0.324 e. The predicted octanol–water partition coefficient (Wildman–Crippen LogP) is 0.822. The van der Waals surface area contributed by atoms with Crippen LogP contribution >= 0.6 is 0 Å². The van der Waals surface area contributed by atoms with Crippen LogP contribution in [-0.2, 0) is 9.53 Å². The maximum absolute atomic E-state index is 11.4. The van der Waals surface area contributed by atoms with Crippen molar-refractivity contribution in [3.05, 3.63) is 18.2 Å². The maximum atomic E-state index is 11.4. The molecule has 2 N–H and O–H groups in total. The fourth-order valence-corrected chi connectivity index (χ4v) is 1.83. The molecule has 0 bridgehead atoms. The van der Waals surface area contributed by atoms with Crippen LogP contribution in [0.2, 0.25) is 0 Å². The summed E-state index contributed by atoms with van der Waals surface area (Å²) in [7, 11) is 1.35. The normalized spacial score (nSPS) is 19.2. The Kier molecular flexibility index (Phi) is 2.96. The van der Waals surface area contributed by atoms with E-state index in [9.17, 15) is 4.79 Å². The van der Waals surface area contributed by atoms with E-state index in [0.717, 1.165) is 5.82 Å². The zero-order valence-electron chi connectivity index (χ0n) is 9.59. The van der Waals surface area contributed by atoms with Crippen molar-refractivity contribution in [3.63, 3.8) is 0 Å². The zero-order valence-corrected chi connectivity index (χ0v) is 9.59. The summed E-state index contributed by atoms with van der Waals surface area (Å²) in [6, 6.07) is -0.762. The van der Waals surface area contributed by atoms with Gasteiger partial charge in [-0.3, -0.25) is 4.79 Å². The van der Waals surface area contributed by atoms with Gasteiger partial charge < -0.3 is 15.0 Å². The number of methoxy groups -OCH3 is 1. The molecule has 1 aliphatic carbocycles. The molecule has 0 saturated heterocycles. The molecule has 1 saturated carbocycles. The number of aromatic nitrogens is 2. The van der Waals surface area contributed by atoms with Crippen molar-refractivity contribution < 1.29 is 9.53 Å². The Bertz CT molecular complexity index is 384. The summed E-state index contributed by atoms with van der Waals surface area (Å²) < 4.78 is 6.63. The van der Waals surface area contributed by atoms with Gasteiger partial charge in [0.25, 0.3) is 0 Å². The van der Waals surface area contributed by atoms with Crippen LogP contribution in [-0.4, -0.2) is 28.7 Å². The average Bonchev–Trinajstić information content (AvgIpc) is 3.04. The standard InChI is InChI=1S/C11H17N3O2/c1-7(9(12)11(15)16-2)14-6-5-13-10(14)8-3-4-8/h5-9H,3-4,12H2,1-2H3. The molecule has 2 atom stereocenters. The Balaban J connectivity index is 2.16. The predicted molar refractivity (Wildman–Crippen MR) is 58.9 cm³/mol. The molecule has 2 rings (SSSR count). The largest absolute Gasteiger partial charge is 0.468 e. The van der Waals surface area contributed by atoms with E-state index in [1.807, 2.05) is 17.7 Å². The number of rotatable bonds is 4. The molecule has 0 radical (unpaired) electrons. The summed E-state index contributed by atoms with van der Waals surface area (Å²) in [4.78, 5) is 15.7. The molecular formula is C11H17N3O2. The van der Waals surface area contributed by atoms with Gasteiger partial charge in [-0.15, -0.1) is 0 Å². The van der Waals surface area contributed by atoms with Gasteiger partial charge in [-0.2, -0.15) is 0 Å². The summed E-state index contributed by atoms with van der Waals surface area (Å²) in [5.74, 6) is 1.19. The lowest BCUT2D eigenvalue weighted by Crippen LogP contribution is -2.39. The monoisotopic (exact) mass is 223 g/mol. The SMILES string of the molecule is COC(=O)C(N)C(C)n1ccnc1C1CC1. The van der Waals surface area contributed by atoms with Crippen LogP contribution in [0.25, 0.3) is 0 Å². The molecule has 5 heteroatoms. The van der Waals surface area contributed by atoms with Crippen molar-refractivity contribution in [1.82, 2.24) is 9.55 Å². The molecule has 1 aromatic heterocycles. The van der Waals surface area contributed by atoms with Crippen molar-refractivity contribution >= 4 is 5.97 Å². The quantitative estimate of drug-likeness (QED) is 0.767. The van der Waals surface area contributed by atoms with Crippen molar-refractivity contribution in [2.45, 2.75) is 37.8 Å². The molecule has 1 aromatic rings. The van der Waals surface area contributed by atoms with Crippen molar-refractivity contribution in [3.8, 4) is 0 Å². The Morgan fingerprint density at radius 2 is 2.38 bits per heavy atom. The highest BCUT2D eigenvalue weighted by Crippen LogP contribution is 2.39. The molecule has 0 spiro atoms. The Hall–Kier alpha value is -1.36. The molecule has 1 fully saturated rings. The number of hydrogen-bond donors (Lipinski definition) is 1. The number of nitrogens with two attached hydrogens (primary N) is 1. The summed E-state index contributed by atoms with van der Waals surface area (Å²) in [6.45, 7) is 1.91. The van der Waals surface area contributed by atoms with Gasteiger partial charge in [-0.25, -0.2) is 4.98 Å². The number of carbonyl (C=O) groups excluding carboxylic acids is 1. The number of carbonyl (C=O) groups is 1. The molecular weight excluding hydrogens is 206 g/mol. The molecule has 1 heterocycles. The lowest BCUT2D eigenvalue weighted by atomic mass is 10.1. The minimum atomic E-state index is -0.642. The average molecular weight is 223 g/mol. The number of imidazole rings is 1. The van der Waals surface area contributed by atoms with Gasteiger partial charge >= 0.3 is 5.97 Å². The van der Waals surface area contributed by atoms with Gasteiger partial charge in [0.1, 0.15) is 11.9 Å². The van der Waals surface area contributed by atoms with Crippen LogP contribution in [0, 0.1) is 0 Å². The first-order chi connectivity index (χ1) is 7.65. The van der Waals surface area contributed by atoms with Crippen LogP contribution in [0.3, 0.4) is 0 Å². The Morgan fingerprint density at radius 3 is 2.94 bits per heavy atom. The number of esters is 1. The van der Waals surface area contributed by atoms with Crippen LogP contribution in [0.5, 0.6) is 0 Å². The minimum absolute atomic E-state index is 0.120. The summed E-state index contributed by atoms with van der Waals surface area (Å²) in [6.07, 6.45) is 5.99. The molecule has 88 valence electrons. The van der Waals surface area contributed by atoms with E-state index in [1.165, 1.54) is 20.0 Å². The van der Waals surface area contributed by atoms with Gasteiger partial charge in [0, 0.05) is 18.3 Å². The lowest BCUT2D eigenvalue weighted by Gasteiger charge is -2.21. The summed E-state index contributed by atoms with van der Waals surface area (Å²) in [5, 5.41) is 0. The van der Waals surface area contributed by atoms with Crippen LogP contribution < -0.4 is 5.73 Å². The third-order valence-corrected chi connectivity index (χ3v) is 3.07. The highest BCUT2D eigenvalue weighted by Gasteiger charge is 2.31. The van der Waals surface area contributed by atoms with Crippen LogP contribution in [0.15, 0.2) is 12.4 Å². The smallest absolute Gasteiger partial charge is 0.324 e. The van der Waals surface area contributed by atoms with E-state index < -0.39 is 6.04 Å². The second kappa shape index (κ2) is 4.25. The van der Waals surface area contributed by atoms with Crippen molar-refractivity contribution in [2.75, 3.05) is 7.11 Å². The number of ether oxygens (including phenoxy) is 1. The van der Waals surface area contributed by atoms with E-state index in [2.05, 4.69) is 9.72 Å². The minimum Gasteiger partial charge on any atom is -0.468 e. The van der Waals surface area contributed by atoms with E-state index in [1.54, 1.807) is 6.20 Å².